The molecule has 1 aromatic rings. The molecule has 1 heterocycles. The Morgan fingerprint density at radius 2 is 1.65 bits per heavy atom. The van der Waals surface area contributed by atoms with Gasteiger partial charge in [0, 0.05) is 11.3 Å². The van der Waals surface area contributed by atoms with Gasteiger partial charge in [0.25, 0.3) is 0 Å². The largest absolute Gasteiger partial charge is 0.462 e. The number of rotatable bonds is 4. The molecule has 1 N–H and O–H groups in total. The Morgan fingerprint density at radius 3 is 2.33 bits per heavy atom. The Labute approximate surface area is 255 Å². The Bertz CT molecular complexity index is 1440. The number of hydrogen-bond acceptors (Lipinski definition) is 7. The molecule has 6 aliphatic carbocycles. The van der Waals surface area contributed by atoms with Crippen LogP contribution >= 0.6 is 0 Å². The van der Waals surface area contributed by atoms with E-state index in [4.69, 9.17) is 9.47 Å². The summed E-state index contributed by atoms with van der Waals surface area (Å²) in [4.78, 5) is 42.1. The molecule has 0 unspecified atom stereocenters. The molecule has 0 bridgehead atoms. The first-order valence-corrected chi connectivity index (χ1v) is 16.8. The van der Waals surface area contributed by atoms with Gasteiger partial charge in [-0.15, -0.1) is 0 Å². The van der Waals surface area contributed by atoms with Crippen LogP contribution in [0.4, 0.5) is 0 Å². The van der Waals surface area contributed by atoms with Crippen molar-refractivity contribution in [3.63, 3.8) is 0 Å². The number of fused-ring (bicyclic) bond motifs is 7. The number of nitrogens with zero attached hydrogens (tertiary/aromatic N) is 1. The summed E-state index contributed by atoms with van der Waals surface area (Å²) in [6.45, 7) is 16.3. The Morgan fingerprint density at radius 1 is 0.930 bits per heavy atom. The van der Waals surface area contributed by atoms with Gasteiger partial charge in [0.15, 0.2) is 5.78 Å². The van der Waals surface area contributed by atoms with Crippen LogP contribution in [0, 0.1) is 50.2 Å². The normalized spacial score (nSPS) is 46.9. The average molecular weight is 595 g/mol. The highest BCUT2D eigenvalue weighted by Gasteiger charge is 2.70. The standard InChI is InChI=1S/C35H50N2O6/c1-30(2)24-10-13-35(7)26(33(24,5)12-11-25(30)42-28-36-29(40)43-37-28)23(38)18-21-22-19-32(4,27(39)41-20-8-9-20)15-14-31(22,3)16-17-34(21,35)6/h18,20,22,24-26H,8-17,19H2,1-7H3,(H,36,37,40)/t22-,24-,25-,26+,31+,32-,33-,34+,35+/m0/s1. The monoisotopic (exact) mass is 594 g/mol. The van der Waals surface area contributed by atoms with Crippen molar-refractivity contribution in [3.8, 4) is 6.01 Å². The van der Waals surface area contributed by atoms with Gasteiger partial charge in [0.05, 0.1) is 5.41 Å². The highest BCUT2D eigenvalue weighted by atomic mass is 16.6. The third-order valence-corrected chi connectivity index (χ3v) is 14.5. The second-order valence-electron chi connectivity index (χ2n) is 17.2. The molecule has 0 aromatic carbocycles. The second kappa shape index (κ2) is 9.09. The number of ketones is 1. The molecule has 0 radical (unpaired) electrons. The van der Waals surface area contributed by atoms with Gasteiger partial charge in [0.2, 0.25) is 0 Å². The van der Waals surface area contributed by atoms with Gasteiger partial charge in [-0.25, -0.2) is 9.78 Å². The van der Waals surface area contributed by atoms with Crippen molar-refractivity contribution in [2.24, 2.45) is 50.2 Å². The summed E-state index contributed by atoms with van der Waals surface area (Å²) in [5.74, 6) is 0.0671. The molecule has 9 atom stereocenters. The van der Waals surface area contributed by atoms with Gasteiger partial charge in [0.1, 0.15) is 12.2 Å². The van der Waals surface area contributed by atoms with E-state index in [0.717, 1.165) is 70.6 Å². The Hall–Kier alpha value is -2.38. The molecule has 0 spiro atoms. The van der Waals surface area contributed by atoms with Crippen molar-refractivity contribution >= 4 is 11.8 Å². The summed E-state index contributed by atoms with van der Waals surface area (Å²) in [6, 6.07) is 0.131. The van der Waals surface area contributed by atoms with E-state index in [0.29, 0.717) is 0 Å². The van der Waals surface area contributed by atoms with Gasteiger partial charge in [-0.2, -0.15) is 0 Å². The molecule has 8 heteroatoms. The van der Waals surface area contributed by atoms with Gasteiger partial charge >= 0.3 is 17.7 Å². The van der Waals surface area contributed by atoms with Crippen LogP contribution in [0.3, 0.4) is 0 Å². The maximum Gasteiger partial charge on any atom is 0.441 e. The van der Waals surface area contributed by atoms with Crippen LogP contribution in [-0.2, 0) is 14.3 Å². The smallest absolute Gasteiger partial charge is 0.441 e. The SMILES string of the molecule is CC1(C)[C@@H](Oc2noc(=O)[nH]2)CC[C@]2(C)[C@H]3C(=O)C=C4[C@@H]5C[C@@](C)(C(=O)OC6CC6)CC[C@]5(C)CC[C@@]4(C)[C@]3(C)CC[C@@H]12. The zero-order valence-electron chi connectivity index (χ0n) is 27.1. The van der Waals surface area contributed by atoms with E-state index >= 15 is 0 Å². The number of ether oxygens (including phenoxy) is 2. The first kappa shape index (κ1) is 29.3. The number of carbonyl (C=O) groups excluding carboxylic acids is 2. The number of hydrogen-bond donors (Lipinski definition) is 1. The van der Waals surface area contributed by atoms with Crippen molar-refractivity contribution in [2.75, 3.05) is 0 Å². The highest BCUT2D eigenvalue weighted by molar-refractivity contribution is 5.95. The van der Waals surface area contributed by atoms with E-state index in [1.165, 1.54) is 5.57 Å². The molecule has 0 aliphatic heterocycles. The third-order valence-electron chi connectivity index (χ3n) is 14.5. The second-order valence-corrected chi connectivity index (χ2v) is 17.2. The summed E-state index contributed by atoms with van der Waals surface area (Å²) in [5.41, 5.74) is 0.272. The summed E-state index contributed by atoms with van der Waals surface area (Å²) in [6.07, 6.45) is 12.6. The molecule has 236 valence electrons. The fraction of sp³-hybridized carbons (Fsp3) is 0.829. The predicted octanol–water partition coefficient (Wildman–Crippen LogP) is 6.80. The topological polar surface area (TPSA) is 111 Å². The van der Waals surface area contributed by atoms with E-state index in [9.17, 15) is 14.4 Å². The van der Waals surface area contributed by atoms with Crippen LogP contribution in [-0.4, -0.2) is 34.1 Å². The maximum absolute atomic E-state index is 14.6. The van der Waals surface area contributed by atoms with E-state index in [-0.39, 0.29) is 74.8 Å². The van der Waals surface area contributed by atoms with Crippen LogP contribution in [0.15, 0.2) is 21.0 Å². The van der Waals surface area contributed by atoms with Crippen LogP contribution in [0.25, 0.3) is 0 Å². The average Bonchev–Trinajstić information content (AvgIpc) is 3.65. The van der Waals surface area contributed by atoms with Crippen molar-refractivity contribution in [2.45, 2.75) is 131 Å². The number of carbonyl (C=O) groups is 2. The van der Waals surface area contributed by atoms with E-state index in [1.54, 1.807) is 0 Å². The summed E-state index contributed by atoms with van der Waals surface area (Å²) in [5, 5.41) is 3.76. The molecular weight excluding hydrogens is 544 g/mol. The number of esters is 1. The zero-order chi connectivity index (χ0) is 30.8. The molecule has 8 nitrogen and oxygen atoms in total. The van der Waals surface area contributed by atoms with Crippen LogP contribution in [0.2, 0.25) is 0 Å². The number of nitrogens with one attached hydrogen (secondary N) is 1. The molecular formula is C35H50N2O6. The minimum atomic E-state index is -0.618. The minimum Gasteiger partial charge on any atom is -0.462 e. The van der Waals surface area contributed by atoms with Crippen LogP contribution < -0.4 is 10.5 Å². The fourth-order valence-electron chi connectivity index (χ4n) is 11.4. The molecule has 5 fully saturated rings. The summed E-state index contributed by atoms with van der Waals surface area (Å²) in [7, 11) is 0. The number of aromatic nitrogens is 2. The van der Waals surface area contributed by atoms with Crippen molar-refractivity contribution < 1.29 is 23.6 Å². The number of H-pyrrole nitrogens is 1. The molecule has 6 aliphatic rings. The molecule has 0 amide bonds. The lowest BCUT2D eigenvalue weighted by atomic mass is 9.33. The highest BCUT2D eigenvalue weighted by Crippen LogP contribution is 2.75. The lowest BCUT2D eigenvalue weighted by Crippen LogP contribution is -2.67. The lowest BCUT2D eigenvalue weighted by Gasteiger charge is -2.70. The third kappa shape index (κ3) is 4.05. The Balaban J connectivity index is 1.22. The first-order chi connectivity index (χ1) is 20.1. The molecule has 0 saturated heterocycles. The molecule has 7 rings (SSSR count). The van der Waals surface area contributed by atoms with Gasteiger partial charge in [-0.1, -0.05) is 47.1 Å². The van der Waals surface area contributed by atoms with Gasteiger partial charge < -0.3 is 9.47 Å². The fourth-order valence-corrected chi connectivity index (χ4v) is 11.4. The van der Waals surface area contributed by atoms with E-state index in [2.05, 4.69) is 69.2 Å². The van der Waals surface area contributed by atoms with Crippen molar-refractivity contribution in [3.05, 3.63) is 22.2 Å². The minimum absolute atomic E-state index is 0.0277. The van der Waals surface area contributed by atoms with Gasteiger partial charge in [-0.3, -0.25) is 14.1 Å². The van der Waals surface area contributed by atoms with E-state index < -0.39 is 11.2 Å². The Kier molecular flexibility index (Phi) is 6.20. The quantitative estimate of drug-likeness (QED) is 0.382. The number of aromatic amines is 1. The van der Waals surface area contributed by atoms with Crippen LogP contribution in [0.1, 0.15) is 119 Å². The maximum atomic E-state index is 14.6. The summed E-state index contributed by atoms with van der Waals surface area (Å²) < 4.78 is 16.8. The summed E-state index contributed by atoms with van der Waals surface area (Å²) >= 11 is 0. The van der Waals surface area contributed by atoms with Gasteiger partial charge in [-0.05, 0) is 122 Å². The predicted molar refractivity (Wildman–Crippen MR) is 160 cm³/mol. The first-order valence-electron chi connectivity index (χ1n) is 16.8. The van der Waals surface area contributed by atoms with Crippen molar-refractivity contribution in [1.82, 2.24) is 10.1 Å². The zero-order valence-corrected chi connectivity index (χ0v) is 27.1. The van der Waals surface area contributed by atoms with Crippen molar-refractivity contribution in [1.29, 1.82) is 0 Å². The lowest BCUT2D eigenvalue weighted by molar-refractivity contribution is -0.200. The molecule has 1 aromatic heterocycles. The number of allylic oxidation sites excluding steroid dienone is 2. The molecule has 43 heavy (non-hydrogen) atoms. The van der Waals surface area contributed by atoms with Crippen LogP contribution in [0.5, 0.6) is 6.01 Å². The van der Waals surface area contributed by atoms with E-state index in [1.807, 2.05) is 0 Å². The molecule has 5 saturated carbocycles.